The van der Waals surface area contributed by atoms with Crippen LogP contribution in [0.2, 0.25) is 5.02 Å². The first-order chi connectivity index (χ1) is 7.69. The number of rotatable bonds is 6. The monoisotopic (exact) mass is 241 g/mol. The Kier molecular flexibility index (Phi) is 5.64. The van der Waals surface area contributed by atoms with Gasteiger partial charge in [-0.1, -0.05) is 18.5 Å². The van der Waals surface area contributed by atoms with Crippen molar-refractivity contribution in [3.63, 3.8) is 0 Å². The summed E-state index contributed by atoms with van der Waals surface area (Å²) in [6, 6.07) is 4.02. The molecule has 3 heteroatoms. The third kappa shape index (κ3) is 3.69. The van der Waals surface area contributed by atoms with Crippen molar-refractivity contribution in [1.29, 1.82) is 0 Å². The molecule has 2 nitrogen and oxygen atoms in total. The van der Waals surface area contributed by atoms with Crippen LogP contribution in [0.25, 0.3) is 0 Å². The Balaban J connectivity index is 2.66. The van der Waals surface area contributed by atoms with Crippen LogP contribution in [0.4, 0.5) is 0 Å². The molecule has 1 rings (SSSR count). The Morgan fingerprint density at radius 3 is 2.75 bits per heavy atom. The van der Waals surface area contributed by atoms with Crippen molar-refractivity contribution >= 4 is 11.6 Å². The van der Waals surface area contributed by atoms with Crippen LogP contribution in [0.5, 0.6) is 5.75 Å². The average molecular weight is 242 g/mol. The van der Waals surface area contributed by atoms with Crippen molar-refractivity contribution in [3.05, 3.63) is 28.3 Å². The summed E-state index contributed by atoms with van der Waals surface area (Å²) in [7, 11) is 1.70. The van der Waals surface area contributed by atoms with E-state index in [0.29, 0.717) is 0 Å². The average Bonchev–Trinajstić information content (AvgIpc) is 2.28. The summed E-state index contributed by atoms with van der Waals surface area (Å²) < 4.78 is 5.36. The number of hydrogen-bond donors (Lipinski definition) is 1. The molecular formula is C13H20ClNO. The van der Waals surface area contributed by atoms with Gasteiger partial charge in [-0.15, -0.1) is 0 Å². The molecule has 0 atom stereocenters. The van der Waals surface area contributed by atoms with Crippen molar-refractivity contribution in [2.75, 3.05) is 20.2 Å². The molecule has 16 heavy (non-hydrogen) atoms. The zero-order valence-electron chi connectivity index (χ0n) is 10.3. The number of methoxy groups -OCH3 is 1. The molecule has 0 fully saturated rings. The summed E-state index contributed by atoms with van der Waals surface area (Å²) >= 11 is 6.11. The molecule has 0 saturated carbocycles. The standard InChI is InChI=1S/C13H20ClNO/c1-4-15-7-5-6-11-9-12(14)10(2)8-13(11)16-3/h8-9,15H,4-7H2,1-3H3. The van der Waals surface area contributed by atoms with E-state index in [2.05, 4.69) is 12.2 Å². The topological polar surface area (TPSA) is 21.3 Å². The van der Waals surface area contributed by atoms with Gasteiger partial charge in [-0.2, -0.15) is 0 Å². The van der Waals surface area contributed by atoms with Crippen molar-refractivity contribution in [3.8, 4) is 5.75 Å². The molecule has 0 unspecified atom stereocenters. The number of ether oxygens (including phenoxy) is 1. The minimum absolute atomic E-state index is 0.819. The fourth-order valence-corrected chi connectivity index (χ4v) is 1.85. The SMILES string of the molecule is CCNCCCc1cc(Cl)c(C)cc1OC. The van der Waals surface area contributed by atoms with Crippen molar-refractivity contribution in [2.45, 2.75) is 26.7 Å². The van der Waals surface area contributed by atoms with Crippen LogP contribution in [0, 0.1) is 6.92 Å². The fourth-order valence-electron chi connectivity index (χ4n) is 1.66. The lowest BCUT2D eigenvalue weighted by Crippen LogP contribution is -2.14. The van der Waals surface area contributed by atoms with Crippen LogP contribution >= 0.6 is 11.6 Å². The fraction of sp³-hybridized carbons (Fsp3) is 0.538. The van der Waals surface area contributed by atoms with Crippen LogP contribution in [0.15, 0.2) is 12.1 Å². The van der Waals surface area contributed by atoms with Gasteiger partial charge in [0, 0.05) is 5.02 Å². The molecule has 0 aliphatic carbocycles. The largest absolute Gasteiger partial charge is 0.496 e. The lowest BCUT2D eigenvalue weighted by molar-refractivity contribution is 0.408. The minimum atomic E-state index is 0.819. The Morgan fingerprint density at radius 1 is 1.38 bits per heavy atom. The molecule has 1 aromatic carbocycles. The maximum Gasteiger partial charge on any atom is 0.122 e. The summed E-state index contributed by atoms with van der Waals surface area (Å²) in [6.45, 7) is 6.16. The first kappa shape index (κ1) is 13.3. The number of hydrogen-bond acceptors (Lipinski definition) is 2. The first-order valence-electron chi connectivity index (χ1n) is 5.72. The van der Waals surface area contributed by atoms with Crippen LogP contribution in [-0.4, -0.2) is 20.2 Å². The maximum atomic E-state index is 6.11. The first-order valence-corrected chi connectivity index (χ1v) is 6.10. The molecule has 1 aromatic rings. The second-order valence-corrected chi connectivity index (χ2v) is 4.28. The molecule has 1 N–H and O–H groups in total. The van der Waals surface area contributed by atoms with Crippen LogP contribution in [-0.2, 0) is 6.42 Å². The molecule has 90 valence electrons. The van der Waals surface area contributed by atoms with Gasteiger partial charge in [0.15, 0.2) is 0 Å². The highest BCUT2D eigenvalue weighted by molar-refractivity contribution is 6.31. The van der Waals surface area contributed by atoms with E-state index in [1.165, 1.54) is 5.56 Å². The molecule has 0 amide bonds. The molecule has 0 bridgehead atoms. The van der Waals surface area contributed by atoms with E-state index < -0.39 is 0 Å². The van der Waals surface area contributed by atoms with E-state index in [1.807, 2.05) is 19.1 Å². The summed E-state index contributed by atoms with van der Waals surface area (Å²) in [5.41, 5.74) is 2.25. The van der Waals surface area contributed by atoms with Crippen molar-refractivity contribution < 1.29 is 4.74 Å². The smallest absolute Gasteiger partial charge is 0.122 e. The van der Waals surface area contributed by atoms with E-state index in [-0.39, 0.29) is 0 Å². The van der Waals surface area contributed by atoms with Gasteiger partial charge in [-0.25, -0.2) is 0 Å². The van der Waals surface area contributed by atoms with E-state index in [1.54, 1.807) is 7.11 Å². The lowest BCUT2D eigenvalue weighted by atomic mass is 10.1. The molecule has 0 aliphatic heterocycles. The number of halogens is 1. The predicted molar refractivity (Wildman–Crippen MR) is 69.6 cm³/mol. The molecular weight excluding hydrogens is 222 g/mol. The third-order valence-corrected chi connectivity index (χ3v) is 3.02. The van der Waals surface area contributed by atoms with Crippen LogP contribution < -0.4 is 10.1 Å². The molecule has 0 aliphatic rings. The molecule has 0 saturated heterocycles. The summed E-state index contributed by atoms with van der Waals surface area (Å²) in [4.78, 5) is 0. The summed E-state index contributed by atoms with van der Waals surface area (Å²) in [6.07, 6.45) is 2.10. The Morgan fingerprint density at radius 2 is 2.12 bits per heavy atom. The zero-order chi connectivity index (χ0) is 12.0. The Labute approximate surface area is 103 Å². The number of benzene rings is 1. The molecule has 0 aromatic heterocycles. The second-order valence-electron chi connectivity index (χ2n) is 3.87. The van der Waals surface area contributed by atoms with E-state index in [9.17, 15) is 0 Å². The lowest BCUT2D eigenvalue weighted by Gasteiger charge is -2.11. The highest BCUT2D eigenvalue weighted by Crippen LogP contribution is 2.27. The van der Waals surface area contributed by atoms with Crippen LogP contribution in [0.3, 0.4) is 0 Å². The van der Waals surface area contributed by atoms with Gasteiger partial charge in [-0.3, -0.25) is 0 Å². The summed E-state index contributed by atoms with van der Waals surface area (Å²) in [5.74, 6) is 0.943. The number of nitrogens with one attached hydrogen (secondary N) is 1. The van der Waals surface area contributed by atoms with Gasteiger partial charge in [0.1, 0.15) is 5.75 Å². The maximum absolute atomic E-state index is 6.11. The van der Waals surface area contributed by atoms with Crippen molar-refractivity contribution in [1.82, 2.24) is 5.32 Å². The molecule has 0 spiro atoms. The highest BCUT2D eigenvalue weighted by Gasteiger charge is 2.06. The summed E-state index contributed by atoms with van der Waals surface area (Å²) in [5, 5.41) is 4.13. The van der Waals surface area contributed by atoms with E-state index in [0.717, 1.165) is 42.3 Å². The van der Waals surface area contributed by atoms with E-state index >= 15 is 0 Å². The minimum Gasteiger partial charge on any atom is -0.496 e. The van der Waals surface area contributed by atoms with Gasteiger partial charge in [0.25, 0.3) is 0 Å². The van der Waals surface area contributed by atoms with Gasteiger partial charge in [-0.05, 0) is 56.1 Å². The van der Waals surface area contributed by atoms with Crippen LogP contribution in [0.1, 0.15) is 24.5 Å². The third-order valence-electron chi connectivity index (χ3n) is 2.61. The quantitative estimate of drug-likeness (QED) is 0.773. The Hall–Kier alpha value is -0.730. The van der Waals surface area contributed by atoms with Gasteiger partial charge < -0.3 is 10.1 Å². The predicted octanol–water partition coefficient (Wildman–Crippen LogP) is 3.20. The normalized spacial score (nSPS) is 10.5. The van der Waals surface area contributed by atoms with Crippen molar-refractivity contribution in [2.24, 2.45) is 0 Å². The van der Waals surface area contributed by atoms with E-state index in [4.69, 9.17) is 16.3 Å². The second kappa shape index (κ2) is 6.77. The number of aryl methyl sites for hydroxylation is 2. The zero-order valence-corrected chi connectivity index (χ0v) is 11.0. The molecule has 0 radical (unpaired) electrons. The Bertz CT molecular complexity index is 339. The van der Waals surface area contributed by atoms with Gasteiger partial charge in [0.05, 0.1) is 7.11 Å². The van der Waals surface area contributed by atoms with Gasteiger partial charge >= 0.3 is 0 Å². The van der Waals surface area contributed by atoms with Gasteiger partial charge in [0.2, 0.25) is 0 Å². The highest BCUT2D eigenvalue weighted by atomic mass is 35.5. The molecule has 0 heterocycles.